The summed E-state index contributed by atoms with van der Waals surface area (Å²) < 4.78 is 3.74. The number of carbonyl (C=O) groups is 2. The zero-order valence-electron chi connectivity index (χ0n) is 13.1. The second kappa shape index (κ2) is 6.16. The summed E-state index contributed by atoms with van der Waals surface area (Å²) in [5, 5.41) is 5.51. The molecular formula is C15H21N5O2S. The molecule has 3 aliphatic rings. The molecule has 3 saturated heterocycles. The largest absolute Gasteiger partial charge is 0.341 e. The molecule has 2 amide bonds. The molecule has 0 bridgehead atoms. The molecular weight excluding hydrogens is 314 g/mol. The maximum Gasteiger partial charge on any atom is 0.275 e. The fourth-order valence-corrected chi connectivity index (χ4v) is 4.43. The maximum absolute atomic E-state index is 12.6. The molecule has 4 heterocycles. The third-order valence-electron chi connectivity index (χ3n) is 5.28. The average molecular weight is 335 g/mol. The van der Waals surface area contributed by atoms with Crippen LogP contribution in [-0.2, 0) is 4.79 Å². The van der Waals surface area contributed by atoms with Crippen molar-refractivity contribution < 1.29 is 9.59 Å². The van der Waals surface area contributed by atoms with Crippen molar-refractivity contribution in [3.63, 3.8) is 0 Å². The van der Waals surface area contributed by atoms with Gasteiger partial charge in [-0.3, -0.25) is 9.59 Å². The molecule has 0 radical (unpaired) electrons. The Kier molecular flexibility index (Phi) is 4.02. The molecule has 3 fully saturated rings. The van der Waals surface area contributed by atoms with Crippen molar-refractivity contribution in [3.05, 3.63) is 11.1 Å². The lowest BCUT2D eigenvalue weighted by Gasteiger charge is -2.23. The first-order valence-electron chi connectivity index (χ1n) is 8.30. The number of carbonyl (C=O) groups excluding carboxylic acids is 2. The molecule has 7 nitrogen and oxygen atoms in total. The Labute approximate surface area is 139 Å². The van der Waals surface area contributed by atoms with E-state index in [2.05, 4.69) is 14.5 Å². The Balaban J connectivity index is 1.32. The van der Waals surface area contributed by atoms with Crippen LogP contribution in [0.3, 0.4) is 0 Å². The highest BCUT2D eigenvalue weighted by atomic mass is 32.1. The highest BCUT2D eigenvalue weighted by Crippen LogP contribution is 2.32. The molecule has 0 spiro atoms. The van der Waals surface area contributed by atoms with Crippen LogP contribution in [0.5, 0.6) is 0 Å². The SMILES string of the molecule is O=C(c1csnn1)N1C[C@H]2CN(CCN3CCCC3)C(=O)[C@H]2C1. The summed E-state index contributed by atoms with van der Waals surface area (Å²) in [6.45, 7) is 6.12. The molecule has 23 heavy (non-hydrogen) atoms. The molecule has 124 valence electrons. The lowest BCUT2D eigenvalue weighted by molar-refractivity contribution is -0.131. The summed E-state index contributed by atoms with van der Waals surface area (Å²) in [5.74, 6) is 0.381. The van der Waals surface area contributed by atoms with Crippen LogP contribution in [0.4, 0.5) is 0 Å². The zero-order chi connectivity index (χ0) is 15.8. The molecule has 0 unspecified atom stereocenters. The van der Waals surface area contributed by atoms with Gasteiger partial charge in [-0.05, 0) is 37.5 Å². The predicted octanol–water partition coefficient (Wildman–Crippen LogP) is 0.164. The summed E-state index contributed by atoms with van der Waals surface area (Å²) in [4.78, 5) is 31.1. The first-order chi connectivity index (χ1) is 11.2. The third kappa shape index (κ3) is 2.85. The molecule has 2 atom stereocenters. The van der Waals surface area contributed by atoms with Gasteiger partial charge in [-0.25, -0.2) is 0 Å². The van der Waals surface area contributed by atoms with E-state index in [1.807, 2.05) is 4.90 Å². The van der Waals surface area contributed by atoms with Gasteiger partial charge in [0.15, 0.2) is 5.69 Å². The van der Waals surface area contributed by atoms with Gasteiger partial charge in [0.2, 0.25) is 5.91 Å². The van der Waals surface area contributed by atoms with Gasteiger partial charge in [-0.2, -0.15) is 0 Å². The van der Waals surface area contributed by atoms with Crippen LogP contribution in [0.2, 0.25) is 0 Å². The smallest absolute Gasteiger partial charge is 0.275 e. The topological polar surface area (TPSA) is 69.6 Å². The Morgan fingerprint density at radius 2 is 2.04 bits per heavy atom. The average Bonchev–Trinajstić information content (AvgIpc) is 3.32. The molecule has 0 N–H and O–H groups in total. The maximum atomic E-state index is 12.6. The van der Waals surface area contributed by atoms with Gasteiger partial charge in [0.05, 0.1) is 5.92 Å². The number of hydrogen-bond acceptors (Lipinski definition) is 6. The normalized spacial score (nSPS) is 27.9. The molecule has 0 saturated carbocycles. The van der Waals surface area contributed by atoms with Gasteiger partial charge in [-0.15, -0.1) is 5.10 Å². The van der Waals surface area contributed by atoms with Crippen molar-refractivity contribution in [3.8, 4) is 0 Å². The van der Waals surface area contributed by atoms with Crippen LogP contribution < -0.4 is 0 Å². The van der Waals surface area contributed by atoms with Gasteiger partial charge < -0.3 is 14.7 Å². The van der Waals surface area contributed by atoms with Crippen molar-refractivity contribution in [2.75, 3.05) is 45.8 Å². The predicted molar refractivity (Wildman–Crippen MR) is 85.0 cm³/mol. The first-order valence-corrected chi connectivity index (χ1v) is 9.13. The van der Waals surface area contributed by atoms with Crippen LogP contribution in [0, 0.1) is 11.8 Å². The number of likely N-dealkylation sites (tertiary alicyclic amines) is 3. The van der Waals surface area contributed by atoms with E-state index in [0.717, 1.165) is 19.6 Å². The second-order valence-corrected chi connectivity index (χ2v) is 7.31. The lowest BCUT2D eigenvalue weighted by atomic mass is 10.0. The van der Waals surface area contributed by atoms with Crippen LogP contribution in [0.25, 0.3) is 0 Å². The number of fused-ring (bicyclic) bond motifs is 1. The van der Waals surface area contributed by atoms with Crippen molar-refractivity contribution in [1.29, 1.82) is 0 Å². The molecule has 4 rings (SSSR count). The number of nitrogens with zero attached hydrogens (tertiary/aromatic N) is 5. The molecule has 0 aromatic carbocycles. The fourth-order valence-electron chi connectivity index (χ4n) is 4.00. The van der Waals surface area contributed by atoms with Gasteiger partial charge in [-0.1, -0.05) is 4.49 Å². The van der Waals surface area contributed by atoms with Crippen molar-refractivity contribution in [2.24, 2.45) is 11.8 Å². The van der Waals surface area contributed by atoms with Crippen LogP contribution in [0.15, 0.2) is 5.38 Å². The summed E-state index contributed by atoms with van der Waals surface area (Å²) in [6.07, 6.45) is 2.56. The van der Waals surface area contributed by atoms with Crippen molar-refractivity contribution in [1.82, 2.24) is 24.3 Å². The Bertz CT molecular complexity index is 587. The van der Waals surface area contributed by atoms with Gasteiger partial charge >= 0.3 is 0 Å². The number of amides is 2. The highest BCUT2D eigenvalue weighted by molar-refractivity contribution is 7.03. The van der Waals surface area contributed by atoms with E-state index in [9.17, 15) is 9.59 Å². The Hall–Kier alpha value is -1.54. The van der Waals surface area contributed by atoms with Crippen LogP contribution in [0.1, 0.15) is 23.3 Å². The van der Waals surface area contributed by atoms with Crippen LogP contribution >= 0.6 is 11.5 Å². The molecule has 1 aromatic heterocycles. The number of hydrogen-bond donors (Lipinski definition) is 0. The van der Waals surface area contributed by atoms with E-state index in [-0.39, 0.29) is 23.7 Å². The van der Waals surface area contributed by atoms with Gasteiger partial charge in [0.25, 0.3) is 5.91 Å². The van der Waals surface area contributed by atoms with Gasteiger partial charge in [0.1, 0.15) is 0 Å². The molecule has 3 aliphatic heterocycles. The second-order valence-electron chi connectivity index (χ2n) is 6.70. The Morgan fingerprint density at radius 1 is 1.22 bits per heavy atom. The minimum atomic E-state index is -0.0930. The highest BCUT2D eigenvalue weighted by Gasteiger charge is 2.47. The van der Waals surface area contributed by atoms with Crippen molar-refractivity contribution in [2.45, 2.75) is 12.8 Å². The Morgan fingerprint density at radius 3 is 2.74 bits per heavy atom. The standard InChI is InChI=1S/C15H21N5O2S/c21-14-12-9-20(15(22)13-10-23-17-16-13)8-11(12)7-19(14)6-5-18-3-1-2-4-18/h10-12H,1-9H2/t11-,12+/m1/s1. The molecule has 1 aromatic rings. The summed E-state index contributed by atoms with van der Waals surface area (Å²) in [7, 11) is 0. The lowest BCUT2D eigenvalue weighted by Crippen LogP contribution is -2.39. The first kappa shape index (κ1) is 15.0. The van der Waals surface area contributed by atoms with E-state index in [1.54, 1.807) is 10.3 Å². The van der Waals surface area contributed by atoms with E-state index >= 15 is 0 Å². The van der Waals surface area contributed by atoms with E-state index in [0.29, 0.717) is 18.8 Å². The van der Waals surface area contributed by atoms with Crippen LogP contribution in [-0.4, -0.2) is 81.9 Å². The van der Waals surface area contributed by atoms with Gasteiger partial charge in [0, 0.05) is 44.0 Å². The van der Waals surface area contributed by atoms with Crippen molar-refractivity contribution >= 4 is 23.3 Å². The molecule has 8 heteroatoms. The van der Waals surface area contributed by atoms with E-state index in [4.69, 9.17) is 0 Å². The number of aromatic nitrogens is 2. The number of rotatable bonds is 4. The quantitative estimate of drug-likeness (QED) is 0.784. The van der Waals surface area contributed by atoms with E-state index in [1.165, 1.54) is 37.5 Å². The minimum absolute atomic E-state index is 0.0240. The minimum Gasteiger partial charge on any atom is -0.341 e. The summed E-state index contributed by atoms with van der Waals surface area (Å²) in [6, 6.07) is 0. The zero-order valence-corrected chi connectivity index (χ0v) is 13.9. The summed E-state index contributed by atoms with van der Waals surface area (Å²) in [5.41, 5.74) is 0.397. The molecule has 0 aliphatic carbocycles. The third-order valence-corrected chi connectivity index (χ3v) is 5.78. The monoisotopic (exact) mass is 335 g/mol. The fraction of sp³-hybridized carbons (Fsp3) is 0.733. The van der Waals surface area contributed by atoms with E-state index < -0.39 is 0 Å². The summed E-state index contributed by atoms with van der Waals surface area (Å²) >= 11 is 1.18.